The van der Waals surface area contributed by atoms with Gasteiger partial charge in [0.2, 0.25) is 0 Å². The lowest BCUT2D eigenvalue weighted by molar-refractivity contribution is 0.214. The fourth-order valence-corrected chi connectivity index (χ4v) is 2.66. The van der Waals surface area contributed by atoms with Gasteiger partial charge in [0.1, 0.15) is 0 Å². The molecule has 2 aliphatic rings. The van der Waals surface area contributed by atoms with Gasteiger partial charge in [-0.1, -0.05) is 6.92 Å². The van der Waals surface area contributed by atoms with Gasteiger partial charge in [-0.3, -0.25) is 5.41 Å². The number of hydrogen-bond acceptors (Lipinski definition) is 2. The lowest BCUT2D eigenvalue weighted by Gasteiger charge is -2.27. The number of nitrogens with two attached hydrogens (primary N) is 1. The van der Waals surface area contributed by atoms with Gasteiger partial charge in [-0.2, -0.15) is 0 Å². The molecule has 0 aromatic rings. The molecule has 3 N–H and O–H groups in total. The Morgan fingerprint density at radius 1 is 1.44 bits per heavy atom. The number of rotatable bonds is 8. The van der Waals surface area contributed by atoms with Crippen molar-refractivity contribution in [2.24, 2.45) is 17.1 Å². The van der Waals surface area contributed by atoms with Crippen LogP contribution < -0.4 is 5.73 Å². The van der Waals surface area contributed by atoms with E-state index in [2.05, 4.69) is 11.8 Å². The molecule has 0 spiro atoms. The van der Waals surface area contributed by atoms with Crippen LogP contribution in [0.25, 0.3) is 0 Å². The van der Waals surface area contributed by atoms with Crippen LogP contribution in [0.5, 0.6) is 0 Å². The van der Waals surface area contributed by atoms with Crippen molar-refractivity contribution in [1.29, 1.82) is 5.41 Å². The Labute approximate surface area is 98.9 Å². The van der Waals surface area contributed by atoms with Crippen LogP contribution in [0.2, 0.25) is 0 Å². The van der Waals surface area contributed by atoms with Crippen LogP contribution in [0.1, 0.15) is 45.4 Å². The summed E-state index contributed by atoms with van der Waals surface area (Å²) < 4.78 is 0. The smallest absolute Gasteiger partial charge is 0.0911 e. The predicted molar refractivity (Wildman–Crippen MR) is 67.7 cm³/mol. The zero-order chi connectivity index (χ0) is 11.6. The lowest BCUT2D eigenvalue weighted by Crippen LogP contribution is -2.34. The third-order valence-electron chi connectivity index (χ3n) is 3.83. The largest absolute Gasteiger partial charge is 0.388 e. The first-order chi connectivity index (χ1) is 7.63. The minimum absolute atomic E-state index is 0.375. The number of nitrogens with zero attached hydrogens (tertiary/aromatic N) is 1. The van der Waals surface area contributed by atoms with Crippen molar-refractivity contribution < 1.29 is 0 Å². The summed E-state index contributed by atoms with van der Waals surface area (Å²) in [6.07, 6.45) is 7.47. The molecule has 0 amide bonds. The van der Waals surface area contributed by atoms with Crippen LogP contribution in [0.15, 0.2) is 0 Å². The van der Waals surface area contributed by atoms with Gasteiger partial charge < -0.3 is 10.6 Å². The Morgan fingerprint density at radius 3 is 2.56 bits per heavy atom. The molecule has 16 heavy (non-hydrogen) atoms. The van der Waals surface area contributed by atoms with E-state index in [1.165, 1.54) is 51.7 Å². The van der Waals surface area contributed by atoms with Gasteiger partial charge in [0.25, 0.3) is 0 Å². The van der Waals surface area contributed by atoms with Crippen LogP contribution in [-0.4, -0.2) is 30.4 Å². The van der Waals surface area contributed by atoms with Crippen LogP contribution in [0.3, 0.4) is 0 Å². The number of amidine groups is 1. The van der Waals surface area contributed by atoms with E-state index in [1.54, 1.807) is 0 Å². The van der Waals surface area contributed by atoms with Crippen molar-refractivity contribution in [3.05, 3.63) is 0 Å². The third-order valence-corrected chi connectivity index (χ3v) is 3.83. The second-order valence-corrected chi connectivity index (χ2v) is 5.88. The molecule has 0 aromatic heterocycles. The quantitative estimate of drug-likeness (QED) is 0.489. The Kier molecular flexibility index (Phi) is 3.53. The molecule has 0 saturated heterocycles. The molecule has 0 bridgehead atoms. The van der Waals surface area contributed by atoms with Crippen molar-refractivity contribution in [3.8, 4) is 0 Å². The second-order valence-electron chi connectivity index (χ2n) is 5.88. The fourth-order valence-electron chi connectivity index (χ4n) is 2.66. The molecule has 2 aliphatic carbocycles. The average molecular weight is 223 g/mol. The topological polar surface area (TPSA) is 53.1 Å². The first kappa shape index (κ1) is 11.9. The number of hydrogen-bond donors (Lipinski definition) is 2. The highest BCUT2D eigenvalue weighted by molar-refractivity contribution is 5.78. The summed E-state index contributed by atoms with van der Waals surface area (Å²) in [5.41, 5.74) is 5.93. The van der Waals surface area contributed by atoms with E-state index in [0.29, 0.717) is 11.3 Å². The monoisotopic (exact) mass is 223 g/mol. The van der Waals surface area contributed by atoms with Gasteiger partial charge in [-0.15, -0.1) is 0 Å². The molecular weight excluding hydrogens is 198 g/mol. The summed E-state index contributed by atoms with van der Waals surface area (Å²) in [7, 11) is 0. The molecule has 0 heterocycles. The Hall–Kier alpha value is -0.570. The first-order valence-corrected chi connectivity index (χ1v) is 6.69. The SMILES string of the molecule is CCCN(CC1CC1)CC1(CC(=N)N)CC1. The van der Waals surface area contributed by atoms with E-state index in [4.69, 9.17) is 11.1 Å². The van der Waals surface area contributed by atoms with Gasteiger partial charge >= 0.3 is 0 Å². The maximum absolute atomic E-state index is 7.45. The van der Waals surface area contributed by atoms with Crippen molar-refractivity contribution in [1.82, 2.24) is 4.90 Å². The van der Waals surface area contributed by atoms with Gasteiger partial charge in [-0.05, 0) is 50.0 Å². The molecule has 0 unspecified atom stereocenters. The van der Waals surface area contributed by atoms with E-state index < -0.39 is 0 Å². The molecule has 0 atom stereocenters. The molecule has 2 rings (SSSR count). The van der Waals surface area contributed by atoms with E-state index in [1.807, 2.05) is 0 Å². The minimum Gasteiger partial charge on any atom is -0.388 e. The maximum atomic E-state index is 7.45. The second kappa shape index (κ2) is 4.74. The maximum Gasteiger partial charge on any atom is 0.0911 e. The van der Waals surface area contributed by atoms with Crippen LogP contribution in [0, 0.1) is 16.7 Å². The normalized spacial score (nSPS) is 22.4. The molecule has 0 aromatic carbocycles. The van der Waals surface area contributed by atoms with Crippen LogP contribution >= 0.6 is 0 Å². The summed E-state index contributed by atoms with van der Waals surface area (Å²) in [5, 5.41) is 7.45. The van der Waals surface area contributed by atoms with Gasteiger partial charge in [0.05, 0.1) is 5.84 Å². The molecule has 0 aliphatic heterocycles. The van der Waals surface area contributed by atoms with E-state index in [9.17, 15) is 0 Å². The summed E-state index contributed by atoms with van der Waals surface area (Å²) in [5.74, 6) is 1.35. The molecule has 92 valence electrons. The average Bonchev–Trinajstić information content (AvgIpc) is 3.04. The van der Waals surface area contributed by atoms with Crippen molar-refractivity contribution >= 4 is 5.84 Å². The molecule has 2 fully saturated rings. The number of nitrogens with one attached hydrogen (secondary N) is 1. The van der Waals surface area contributed by atoms with E-state index >= 15 is 0 Å². The molecule has 0 radical (unpaired) electrons. The van der Waals surface area contributed by atoms with Crippen LogP contribution in [-0.2, 0) is 0 Å². The Balaban J connectivity index is 1.81. The Morgan fingerprint density at radius 2 is 2.12 bits per heavy atom. The predicted octanol–water partition coefficient (Wildman–Crippen LogP) is 2.21. The standard InChI is InChI=1S/C13H25N3/c1-2-7-16(9-11-3-4-11)10-13(5-6-13)8-12(14)15/h11H,2-10H2,1H3,(H3,14,15). The lowest BCUT2D eigenvalue weighted by atomic mass is 10.0. The Bertz CT molecular complexity index is 254. The summed E-state index contributed by atoms with van der Waals surface area (Å²) >= 11 is 0. The summed E-state index contributed by atoms with van der Waals surface area (Å²) in [6.45, 7) is 5.94. The zero-order valence-corrected chi connectivity index (χ0v) is 10.5. The van der Waals surface area contributed by atoms with Gasteiger partial charge in [-0.25, -0.2) is 0 Å². The highest BCUT2D eigenvalue weighted by atomic mass is 15.1. The van der Waals surface area contributed by atoms with E-state index in [0.717, 1.165) is 12.3 Å². The molecule has 2 saturated carbocycles. The third kappa shape index (κ3) is 3.48. The minimum atomic E-state index is 0.375. The first-order valence-electron chi connectivity index (χ1n) is 6.69. The van der Waals surface area contributed by atoms with E-state index in [-0.39, 0.29) is 0 Å². The van der Waals surface area contributed by atoms with Crippen LogP contribution in [0.4, 0.5) is 0 Å². The highest BCUT2D eigenvalue weighted by Crippen LogP contribution is 2.49. The van der Waals surface area contributed by atoms with Crippen molar-refractivity contribution in [2.45, 2.75) is 45.4 Å². The highest BCUT2D eigenvalue weighted by Gasteiger charge is 2.44. The van der Waals surface area contributed by atoms with Crippen molar-refractivity contribution in [2.75, 3.05) is 19.6 Å². The summed E-state index contributed by atoms with van der Waals surface area (Å²) in [4.78, 5) is 2.62. The molecule has 3 nitrogen and oxygen atoms in total. The van der Waals surface area contributed by atoms with Gasteiger partial charge in [0, 0.05) is 19.5 Å². The summed E-state index contributed by atoms with van der Waals surface area (Å²) in [6, 6.07) is 0. The van der Waals surface area contributed by atoms with Gasteiger partial charge in [0.15, 0.2) is 0 Å². The fraction of sp³-hybridized carbons (Fsp3) is 0.923. The molecular formula is C13H25N3. The molecule has 3 heteroatoms. The zero-order valence-electron chi connectivity index (χ0n) is 10.5. The van der Waals surface area contributed by atoms with Crippen molar-refractivity contribution in [3.63, 3.8) is 0 Å².